The van der Waals surface area contributed by atoms with Crippen LogP contribution in [0.2, 0.25) is 0 Å². The summed E-state index contributed by atoms with van der Waals surface area (Å²) < 4.78 is 5.56. The minimum absolute atomic E-state index is 0.184. The van der Waals surface area contributed by atoms with Crippen LogP contribution in [-0.2, 0) is 6.42 Å². The molecule has 0 fully saturated rings. The molecular formula is C18H28O5. The van der Waals surface area contributed by atoms with E-state index >= 15 is 0 Å². The summed E-state index contributed by atoms with van der Waals surface area (Å²) in [4.78, 5) is 11.4. The molecular weight excluding hydrogens is 296 g/mol. The lowest BCUT2D eigenvalue weighted by molar-refractivity contribution is 0.0687. The zero-order valence-corrected chi connectivity index (χ0v) is 14.1. The lowest BCUT2D eigenvalue weighted by Gasteiger charge is -2.16. The predicted molar refractivity (Wildman–Crippen MR) is 89.6 cm³/mol. The van der Waals surface area contributed by atoms with Gasteiger partial charge in [-0.1, -0.05) is 46.0 Å². The minimum Gasteiger partial charge on any atom is -0.504 e. The van der Waals surface area contributed by atoms with Gasteiger partial charge in [0.2, 0.25) is 0 Å². The van der Waals surface area contributed by atoms with Crippen LogP contribution in [0.5, 0.6) is 17.2 Å². The molecule has 0 amide bonds. The zero-order chi connectivity index (χ0) is 17.2. The first kappa shape index (κ1) is 19.1. The Morgan fingerprint density at radius 2 is 1.70 bits per heavy atom. The first-order valence-corrected chi connectivity index (χ1v) is 8.46. The van der Waals surface area contributed by atoms with Gasteiger partial charge < -0.3 is 20.1 Å². The van der Waals surface area contributed by atoms with Crippen molar-refractivity contribution < 1.29 is 24.9 Å². The van der Waals surface area contributed by atoms with Crippen molar-refractivity contribution in [3.63, 3.8) is 0 Å². The molecule has 0 aliphatic carbocycles. The molecule has 1 aromatic carbocycles. The van der Waals surface area contributed by atoms with E-state index in [4.69, 9.17) is 4.74 Å². The van der Waals surface area contributed by atoms with Gasteiger partial charge in [0.1, 0.15) is 11.3 Å². The van der Waals surface area contributed by atoms with E-state index in [1.165, 1.54) is 25.3 Å². The van der Waals surface area contributed by atoms with Crippen molar-refractivity contribution >= 4 is 5.97 Å². The van der Waals surface area contributed by atoms with E-state index in [0.717, 1.165) is 25.7 Å². The molecule has 0 bridgehead atoms. The molecule has 0 unspecified atom stereocenters. The van der Waals surface area contributed by atoms with E-state index in [-0.39, 0.29) is 11.3 Å². The molecule has 130 valence electrons. The van der Waals surface area contributed by atoms with E-state index in [1.54, 1.807) is 0 Å². The number of benzene rings is 1. The maximum atomic E-state index is 11.4. The molecule has 0 heterocycles. The van der Waals surface area contributed by atoms with Gasteiger partial charge in [0.05, 0.1) is 6.61 Å². The fourth-order valence-corrected chi connectivity index (χ4v) is 2.54. The van der Waals surface area contributed by atoms with Gasteiger partial charge in [-0.25, -0.2) is 4.79 Å². The highest BCUT2D eigenvalue weighted by Crippen LogP contribution is 2.39. The normalized spacial score (nSPS) is 10.7. The van der Waals surface area contributed by atoms with E-state index in [1.807, 2.05) is 6.92 Å². The van der Waals surface area contributed by atoms with Crippen molar-refractivity contribution in [2.45, 2.75) is 65.2 Å². The number of rotatable bonds is 11. The van der Waals surface area contributed by atoms with Crippen molar-refractivity contribution in [1.29, 1.82) is 0 Å². The lowest BCUT2D eigenvalue weighted by atomic mass is 10.00. The van der Waals surface area contributed by atoms with Crippen molar-refractivity contribution in [2.75, 3.05) is 6.61 Å². The lowest BCUT2D eigenvalue weighted by Crippen LogP contribution is -2.07. The Morgan fingerprint density at radius 3 is 2.30 bits per heavy atom. The number of aromatic hydroxyl groups is 2. The second kappa shape index (κ2) is 9.98. The van der Waals surface area contributed by atoms with Gasteiger partial charge in [0.15, 0.2) is 11.5 Å². The highest BCUT2D eigenvalue weighted by atomic mass is 16.5. The maximum Gasteiger partial charge on any atom is 0.343 e. The van der Waals surface area contributed by atoms with Crippen LogP contribution in [0.15, 0.2) is 6.07 Å². The van der Waals surface area contributed by atoms with Gasteiger partial charge >= 0.3 is 5.97 Å². The highest BCUT2D eigenvalue weighted by molar-refractivity contribution is 5.95. The highest BCUT2D eigenvalue weighted by Gasteiger charge is 2.24. The number of hydrogen-bond donors (Lipinski definition) is 3. The monoisotopic (exact) mass is 324 g/mol. The SMILES string of the molecule is CCCCCCCCc1cc(O)c(O)c(C(=O)O)c1OCCC. The third-order valence-electron chi connectivity index (χ3n) is 3.77. The van der Waals surface area contributed by atoms with Crippen LogP contribution < -0.4 is 4.74 Å². The number of phenols is 2. The number of aryl methyl sites for hydroxylation is 1. The molecule has 5 heteroatoms. The summed E-state index contributed by atoms with van der Waals surface area (Å²) in [6.07, 6.45) is 8.09. The van der Waals surface area contributed by atoms with Gasteiger partial charge in [-0.3, -0.25) is 0 Å². The van der Waals surface area contributed by atoms with Crippen molar-refractivity contribution in [3.05, 3.63) is 17.2 Å². The van der Waals surface area contributed by atoms with E-state index in [0.29, 0.717) is 18.6 Å². The summed E-state index contributed by atoms with van der Waals surface area (Å²) >= 11 is 0. The number of carbonyl (C=O) groups is 1. The summed E-state index contributed by atoms with van der Waals surface area (Å²) in [5, 5.41) is 28.9. The number of ether oxygens (including phenoxy) is 1. The van der Waals surface area contributed by atoms with Crippen LogP contribution >= 0.6 is 0 Å². The van der Waals surface area contributed by atoms with Crippen LogP contribution in [0.1, 0.15) is 74.7 Å². The molecule has 1 rings (SSSR count). The Kier molecular flexibility index (Phi) is 8.30. The number of aromatic carboxylic acids is 1. The number of unbranched alkanes of at least 4 members (excludes halogenated alkanes) is 5. The standard InChI is InChI=1S/C18H28O5/c1-3-5-6-7-8-9-10-13-12-14(19)16(20)15(18(21)22)17(13)23-11-4-2/h12,19-20H,3-11H2,1-2H3,(H,21,22). The Labute approximate surface area is 137 Å². The summed E-state index contributed by atoms with van der Waals surface area (Å²) in [5.41, 5.74) is 0.293. The molecule has 0 saturated carbocycles. The Hall–Kier alpha value is -1.91. The Morgan fingerprint density at radius 1 is 1.04 bits per heavy atom. The van der Waals surface area contributed by atoms with Crippen molar-refractivity contribution in [1.82, 2.24) is 0 Å². The number of phenolic OH excluding ortho intramolecular Hbond substituents is 1. The molecule has 0 atom stereocenters. The third-order valence-corrected chi connectivity index (χ3v) is 3.77. The molecule has 5 nitrogen and oxygen atoms in total. The van der Waals surface area contributed by atoms with E-state index in [2.05, 4.69) is 6.92 Å². The summed E-state index contributed by atoms with van der Waals surface area (Å²) in [6, 6.07) is 1.42. The van der Waals surface area contributed by atoms with E-state index < -0.39 is 17.5 Å². The number of carboxylic acid groups (broad SMARTS) is 1. The van der Waals surface area contributed by atoms with E-state index in [9.17, 15) is 20.1 Å². The van der Waals surface area contributed by atoms with Gasteiger partial charge in [-0.2, -0.15) is 0 Å². The van der Waals surface area contributed by atoms with Crippen molar-refractivity contribution in [3.8, 4) is 17.2 Å². The fourth-order valence-electron chi connectivity index (χ4n) is 2.54. The minimum atomic E-state index is -1.30. The van der Waals surface area contributed by atoms with Gasteiger partial charge in [-0.05, 0) is 30.9 Å². The molecule has 0 spiro atoms. The predicted octanol–water partition coefficient (Wildman–Crippen LogP) is 4.49. The van der Waals surface area contributed by atoms with Gasteiger partial charge in [0, 0.05) is 0 Å². The number of hydrogen-bond acceptors (Lipinski definition) is 4. The summed E-state index contributed by atoms with van der Waals surface area (Å²) in [5.74, 6) is -2.15. The molecule has 0 radical (unpaired) electrons. The Bertz CT molecular complexity index is 511. The van der Waals surface area contributed by atoms with Crippen LogP contribution in [0.4, 0.5) is 0 Å². The fraction of sp³-hybridized carbons (Fsp3) is 0.611. The largest absolute Gasteiger partial charge is 0.504 e. The van der Waals surface area contributed by atoms with Crippen LogP contribution in [0, 0.1) is 0 Å². The second-order valence-electron chi connectivity index (χ2n) is 5.78. The summed E-state index contributed by atoms with van der Waals surface area (Å²) in [7, 11) is 0. The topological polar surface area (TPSA) is 87.0 Å². The van der Waals surface area contributed by atoms with Crippen LogP contribution in [0.3, 0.4) is 0 Å². The van der Waals surface area contributed by atoms with Gasteiger partial charge in [-0.15, -0.1) is 0 Å². The first-order valence-electron chi connectivity index (χ1n) is 8.46. The molecule has 0 aliphatic rings. The first-order chi connectivity index (χ1) is 11.0. The molecule has 1 aromatic rings. The molecule has 0 aromatic heterocycles. The second-order valence-corrected chi connectivity index (χ2v) is 5.78. The smallest absolute Gasteiger partial charge is 0.343 e. The quantitative estimate of drug-likeness (QED) is 0.412. The average Bonchev–Trinajstić information content (AvgIpc) is 2.51. The van der Waals surface area contributed by atoms with Crippen molar-refractivity contribution in [2.24, 2.45) is 0 Å². The third kappa shape index (κ3) is 5.66. The molecule has 0 aliphatic heterocycles. The van der Waals surface area contributed by atoms with Gasteiger partial charge in [0.25, 0.3) is 0 Å². The Balaban J connectivity index is 2.89. The zero-order valence-electron chi connectivity index (χ0n) is 14.1. The summed E-state index contributed by atoms with van der Waals surface area (Å²) in [6.45, 7) is 4.46. The molecule has 0 saturated heterocycles. The maximum absolute atomic E-state index is 11.4. The average molecular weight is 324 g/mol. The molecule has 23 heavy (non-hydrogen) atoms. The number of carboxylic acids is 1. The van der Waals surface area contributed by atoms with Crippen LogP contribution in [-0.4, -0.2) is 27.9 Å². The van der Waals surface area contributed by atoms with Crippen LogP contribution in [0.25, 0.3) is 0 Å². The molecule has 3 N–H and O–H groups in total.